The van der Waals surface area contributed by atoms with Crippen molar-refractivity contribution in [1.82, 2.24) is 0 Å². The summed E-state index contributed by atoms with van der Waals surface area (Å²) in [6.45, 7) is 4.00. The number of anilines is 1. The van der Waals surface area contributed by atoms with Crippen LogP contribution >= 0.6 is 0 Å². The van der Waals surface area contributed by atoms with Gasteiger partial charge in [0.05, 0.1) is 14.2 Å². The van der Waals surface area contributed by atoms with Gasteiger partial charge in [-0.05, 0) is 24.3 Å². The molecule has 86 valence electrons. The lowest BCUT2D eigenvalue weighted by atomic mass is 10.3. The number of methoxy groups -OCH3 is 2. The number of benzene rings is 1. The van der Waals surface area contributed by atoms with E-state index in [-0.39, 0.29) is 0 Å². The molecule has 0 saturated heterocycles. The number of carbonyl (C=O) groups is 1. The molecule has 0 aromatic heterocycles. The van der Waals surface area contributed by atoms with Crippen molar-refractivity contribution in [2.24, 2.45) is 0 Å². The third-order valence-corrected chi connectivity index (χ3v) is 2.09. The van der Waals surface area contributed by atoms with Gasteiger partial charge >= 0.3 is 6.09 Å². The molecule has 1 aromatic carbocycles. The molecular formula is C12H15NO3. The number of amides is 1. The van der Waals surface area contributed by atoms with Crippen LogP contribution in [0, 0.1) is 0 Å². The molecule has 16 heavy (non-hydrogen) atoms. The van der Waals surface area contributed by atoms with E-state index in [2.05, 4.69) is 11.3 Å². The van der Waals surface area contributed by atoms with Crippen molar-refractivity contribution in [3.63, 3.8) is 0 Å². The van der Waals surface area contributed by atoms with Crippen molar-refractivity contribution >= 4 is 11.8 Å². The Balaban J connectivity index is 2.91. The highest BCUT2D eigenvalue weighted by Crippen LogP contribution is 2.19. The van der Waals surface area contributed by atoms with Crippen LogP contribution in [0.3, 0.4) is 0 Å². The normalized spacial score (nSPS) is 9.38. The summed E-state index contributed by atoms with van der Waals surface area (Å²) in [4.78, 5) is 13.0. The molecule has 0 fully saturated rings. The predicted molar refractivity (Wildman–Crippen MR) is 62.9 cm³/mol. The fourth-order valence-electron chi connectivity index (χ4n) is 1.29. The van der Waals surface area contributed by atoms with Crippen molar-refractivity contribution in [2.45, 2.75) is 0 Å². The molecule has 0 spiro atoms. The van der Waals surface area contributed by atoms with E-state index in [1.54, 1.807) is 37.5 Å². The molecule has 0 N–H and O–H groups in total. The molecule has 0 bridgehead atoms. The van der Waals surface area contributed by atoms with Gasteiger partial charge in [-0.1, -0.05) is 6.08 Å². The van der Waals surface area contributed by atoms with Gasteiger partial charge in [0.2, 0.25) is 0 Å². The third kappa shape index (κ3) is 2.76. The Labute approximate surface area is 95.1 Å². The second kappa shape index (κ2) is 5.80. The van der Waals surface area contributed by atoms with E-state index < -0.39 is 6.09 Å². The monoisotopic (exact) mass is 221 g/mol. The van der Waals surface area contributed by atoms with Gasteiger partial charge in [-0.15, -0.1) is 6.58 Å². The summed E-state index contributed by atoms with van der Waals surface area (Å²) >= 11 is 0. The lowest BCUT2D eigenvalue weighted by molar-refractivity contribution is 0.179. The molecule has 1 amide bonds. The Bertz CT molecular complexity index is 359. The van der Waals surface area contributed by atoms with Crippen LogP contribution in [0.25, 0.3) is 0 Å². The fraction of sp³-hybridized carbons (Fsp3) is 0.250. The van der Waals surface area contributed by atoms with Gasteiger partial charge in [-0.3, -0.25) is 4.90 Å². The second-order valence-electron chi connectivity index (χ2n) is 3.07. The maximum atomic E-state index is 11.5. The largest absolute Gasteiger partial charge is 0.497 e. The molecule has 0 unspecified atom stereocenters. The van der Waals surface area contributed by atoms with Gasteiger partial charge in [0.1, 0.15) is 5.75 Å². The number of rotatable bonds is 4. The van der Waals surface area contributed by atoms with E-state index in [4.69, 9.17) is 4.74 Å². The summed E-state index contributed by atoms with van der Waals surface area (Å²) in [5.41, 5.74) is 0.743. The van der Waals surface area contributed by atoms with Crippen LogP contribution in [-0.4, -0.2) is 26.9 Å². The minimum atomic E-state index is -0.412. The van der Waals surface area contributed by atoms with Crippen LogP contribution in [0.15, 0.2) is 36.9 Å². The van der Waals surface area contributed by atoms with E-state index in [0.717, 1.165) is 11.4 Å². The van der Waals surface area contributed by atoms with Gasteiger partial charge < -0.3 is 9.47 Å². The van der Waals surface area contributed by atoms with Crippen LogP contribution in [-0.2, 0) is 4.74 Å². The topological polar surface area (TPSA) is 38.8 Å². The summed E-state index contributed by atoms with van der Waals surface area (Å²) in [5.74, 6) is 0.743. The maximum absolute atomic E-state index is 11.5. The molecular weight excluding hydrogens is 206 g/mol. The summed E-state index contributed by atoms with van der Waals surface area (Å²) < 4.78 is 9.72. The van der Waals surface area contributed by atoms with E-state index in [1.165, 1.54) is 12.0 Å². The fourth-order valence-corrected chi connectivity index (χ4v) is 1.29. The SMILES string of the molecule is C=CCN(C(=O)OC)c1ccc(OC)cc1. The highest BCUT2D eigenvalue weighted by Gasteiger charge is 2.14. The van der Waals surface area contributed by atoms with Crippen LogP contribution < -0.4 is 9.64 Å². The molecule has 1 aromatic rings. The van der Waals surface area contributed by atoms with Crippen LogP contribution in [0.4, 0.5) is 10.5 Å². The zero-order chi connectivity index (χ0) is 12.0. The molecule has 0 aliphatic heterocycles. The van der Waals surface area contributed by atoms with Gasteiger partial charge in [0.25, 0.3) is 0 Å². The quantitative estimate of drug-likeness (QED) is 0.733. The lowest BCUT2D eigenvalue weighted by Crippen LogP contribution is -2.30. The van der Waals surface area contributed by atoms with Crippen molar-refractivity contribution in [3.05, 3.63) is 36.9 Å². The molecule has 0 aliphatic rings. The molecule has 1 rings (SSSR count). The van der Waals surface area contributed by atoms with Gasteiger partial charge in [-0.25, -0.2) is 4.79 Å². The highest BCUT2D eigenvalue weighted by molar-refractivity contribution is 5.87. The van der Waals surface area contributed by atoms with Gasteiger partial charge in [0, 0.05) is 12.2 Å². The summed E-state index contributed by atoms with van der Waals surface area (Å²) in [7, 11) is 2.94. The molecule has 0 aliphatic carbocycles. The molecule has 0 heterocycles. The summed E-state index contributed by atoms with van der Waals surface area (Å²) in [5, 5.41) is 0. The Kier molecular flexibility index (Phi) is 4.39. The molecule has 4 nitrogen and oxygen atoms in total. The Morgan fingerprint density at radius 3 is 2.44 bits per heavy atom. The standard InChI is InChI=1S/C12H15NO3/c1-4-9-13(12(14)16-3)10-5-7-11(15-2)8-6-10/h4-8H,1,9H2,2-3H3. The minimum absolute atomic E-state index is 0.402. The van der Waals surface area contributed by atoms with Crippen molar-refractivity contribution in [1.29, 1.82) is 0 Å². The molecule has 0 saturated carbocycles. The number of ether oxygens (including phenoxy) is 2. The van der Waals surface area contributed by atoms with Crippen LogP contribution in [0.2, 0.25) is 0 Å². The van der Waals surface area contributed by atoms with Crippen molar-refractivity contribution < 1.29 is 14.3 Å². The first-order chi connectivity index (χ1) is 7.72. The zero-order valence-electron chi connectivity index (χ0n) is 9.47. The van der Waals surface area contributed by atoms with Crippen LogP contribution in [0.5, 0.6) is 5.75 Å². The van der Waals surface area contributed by atoms with E-state index in [9.17, 15) is 4.79 Å². The first-order valence-corrected chi connectivity index (χ1v) is 4.83. The van der Waals surface area contributed by atoms with E-state index in [1.807, 2.05) is 0 Å². The molecule has 4 heteroatoms. The van der Waals surface area contributed by atoms with Crippen LogP contribution in [0.1, 0.15) is 0 Å². The number of nitrogens with zero attached hydrogens (tertiary/aromatic N) is 1. The van der Waals surface area contributed by atoms with Crippen molar-refractivity contribution in [3.8, 4) is 5.75 Å². The van der Waals surface area contributed by atoms with E-state index in [0.29, 0.717) is 6.54 Å². The lowest BCUT2D eigenvalue weighted by Gasteiger charge is -2.19. The Hall–Kier alpha value is -1.97. The molecule has 0 radical (unpaired) electrons. The van der Waals surface area contributed by atoms with E-state index >= 15 is 0 Å². The van der Waals surface area contributed by atoms with Crippen molar-refractivity contribution in [2.75, 3.05) is 25.7 Å². The number of hydrogen-bond donors (Lipinski definition) is 0. The first-order valence-electron chi connectivity index (χ1n) is 4.83. The second-order valence-corrected chi connectivity index (χ2v) is 3.07. The minimum Gasteiger partial charge on any atom is -0.497 e. The first kappa shape index (κ1) is 12.1. The third-order valence-electron chi connectivity index (χ3n) is 2.09. The summed E-state index contributed by atoms with van der Waals surface area (Å²) in [6, 6.07) is 7.15. The highest BCUT2D eigenvalue weighted by atomic mass is 16.5. The van der Waals surface area contributed by atoms with Gasteiger partial charge in [-0.2, -0.15) is 0 Å². The summed E-state index contributed by atoms with van der Waals surface area (Å²) in [6.07, 6.45) is 1.23. The zero-order valence-corrected chi connectivity index (χ0v) is 9.47. The van der Waals surface area contributed by atoms with Gasteiger partial charge in [0.15, 0.2) is 0 Å². The Morgan fingerprint density at radius 1 is 1.38 bits per heavy atom. The number of carbonyl (C=O) groups excluding carboxylic acids is 1. The smallest absolute Gasteiger partial charge is 0.414 e. The molecule has 0 atom stereocenters. The number of hydrogen-bond acceptors (Lipinski definition) is 3. The average molecular weight is 221 g/mol. The average Bonchev–Trinajstić information content (AvgIpc) is 2.35. The Morgan fingerprint density at radius 2 is 2.00 bits per heavy atom. The maximum Gasteiger partial charge on any atom is 0.414 e. The predicted octanol–water partition coefficient (Wildman–Crippen LogP) is 2.45.